The van der Waals surface area contributed by atoms with Crippen molar-refractivity contribution in [2.24, 2.45) is 0 Å². The molecule has 0 aliphatic carbocycles. The number of nitrogens with one attached hydrogen (secondary N) is 1. The molecule has 1 aliphatic heterocycles. The van der Waals surface area contributed by atoms with E-state index in [4.69, 9.17) is 4.74 Å². The number of piperidine rings is 1. The first-order valence-corrected chi connectivity index (χ1v) is 7.11. The number of rotatable bonds is 4. The Morgan fingerprint density at radius 2 is 2.56 bits per heavy atom. The van der Waals surface area contributed by atoms with Gasteiger partial charge in [-0.15, -0.1) is 17.9 Å². The average molecular weight is 266 g/mol. The number of hydrogen-bond donors (Lipinski definition) is 1. The van der Waals surface area contributed by atoms with Gasteiger partial charge in [-0.2, -0.15) is 0 Å². The Bertz CT molecular complexity index is 422. The number of aromatic nitrogens is 1. The van der Waals surface area contributed by atoms with E-state index < -0.39 is 0 Å². The van der Waals surface area contributed by atoms with Crippen LogP contribution in [0.1, 0.15) is 41.2 Å². The lowest BCUT2D eigenvalue weighted by Gasteiger charge is -2.26. The Kier molecular flexibility index (Phi) is 4.49. The molecule has 1 aliphatic rings. The molecule has 0 amide bonds. The topological polar surface area (TPSA) is 51.2 Å². The first-order valence-electron chi connectivity index (χ1n) is 6.23. The highest BCUT2D eigenvalue weighted by atomic mass is 32.1. The predicted octanol–water partition coefficient (Wildman–Crippen LogP) is 2.34. The summed E-state index contributed by atoms with van der Waals surface area (Å²) in [6.45, 7) is 6.87. The highest BCUT2D eigenvalue weighted by Gasteiger charge is 2.23. The Morgan fingerprint density at radius 1 is 1.72 bits per heavy atom. The van der Waals surface area contributed by atoms with E-state index in [1.807, 2.05) is 11.5 Å². The van der Waals surface area contributed by atoms with Gasteiger partial charge in [0.15, 0.2) is 0 Å². The third-order valence-corrected chi connectivity index (χ3v) is 3.97. The largest absolute Gasteiger partial charge is 0.461 e. The molecule has 0 aromatic carbocycles. The summed E-state index contributed by atoms with van der Waals surface area (Å²) in [5.41, 5.74) is 0.998. The van der Waals surface area contributed by atoms with Crippen LogP contribution in [0.15, 0.2) is 18.0 Å². The molecule has 1 fully saturated rings. The van der Waals surface area contributed by atoms with E-state index in [-0.39, 0.29) is 5.97 Å². The Morgan fingerprint density at radius 3 is 3.17 bits per heavy atom. The monoisotopic (exact) mass is 266 g/mol. The maximum atomic E-state index is 11.5. The second-order valence-electron chi connectivity index (χ2n) is 4.32. The SMILES string of the molecule is C=C[C@@H]1CC[C@@H](c2csc(C(=O)OCC)n2)CN1. The van der Waals surface area contributed by atoms with Crippen LogP contribution >= 0.6 is 11.3 Å². The van der Waals surface area contributed by atoms with Crippen LogP contribution in [0.5, 0.6) is 0 Å². The summed E-state index contributed by atoms with van der Waals surface area (Å²) in [7, 11) is 0. The van der Waals surface area contributed by atoms with Crippen molar-refractivity contribution in [2.75, 3.05) is 13.2 Å². The number of ether oxygens (including phenoxy) is 1. The van der Waals surface area contributed by atoms with Crippen LogP contribution in [-0.4, -0.2) is 30.1 Å². The van der Waals surface area contributed by atoms with Crippen molar-refractivity contribution < 1.29 is 9.53 Å². The van der Waals surface area contributed by atoms with Crippen molar-refractivity contribution in [3.05, 3.63) is 28.7 Å². The Labute approximate surface area is 111 Å². The van der Waals surface area contributed by atoms with Crippen LogP contribution in [0.3, 0.4) is 0 Å². The van der Waals surface area contributed by atoms with E-state index in [0.29, 0.717) is 23.6 Å². The average Bonchev–Trinajstić information content (AvgIpc) is 2.89. The lowest BCUT2D eigenvalue weighted by molar-refractivity contribution is 0.0525. The molecular formula is C13H18N2O2S. The van der Waals surface area contributed by atoms with Crippen LogP contribution in [-0.2, 0) is 4.74 Å². The smallest absolute Gasteiger partial charge is 0.367 e. The van der Waals surface area contributed by atoms with Gasteiger partial charge in [-0.05, 0) is 19.8 Å². The molecule has 1 N–H and O–H groups in total. The molecule has 4 nitrogen and oxygen atoms in total. The summed E-state index contributed by atoms with van der Waals surface area (Å²) in [6, 6.07) is 0.407. The van der Waals surface area contributed by atoms with Gasteiger partial charge < -0.3 is 10.1 Å². The summed E-state index contributed by atoms with van der Waals surface area (Å²) in [6.07, 6.45) is 4.09. The molecule has 2 heterocycles. The number of thiazole rings is 1. The molecular weight excluding hydrogens is 248 g/mol. The number of carbonyl (C=O) groups excluding carboxylic acids is 1. The number of carbonyl (C=O) groups is 1. The van der Waals surface area contributed by atoms with Gasteiger partial charge in [-0.1, -0.05) is 6.08 Å². The van der Waals surface area contributed by atoms with Gasteiger partial charge in [0.1, 0.15) is 0 Å². The lowest BCUT2D eigenvalue weighted by Crippen LogP contribution is -2.36. The second-order valence-corrected chi connectivity index (χ2v) is 5.18. The molecule has 98 valence electrons. The number of esters is 1. The molecule has 18 heavy (non-hydrogen) atoms. The Hall–Kier alpha value is -1.20. The predicted molar refractivity (Wildman–Crippen MR) is 72.0 cm³/mol. The Balaban J connectivity index is 1.98. The van der Waals surface area contributed by atoms with E-state index >= 15 is 0 Å². The van der Waals surface area contributed by atoms with E-state index in [2.05, 4.69) is 16.9 Å². The zero-order valence-corrected chi connectivity index (χ0v) is 11.3. The van der Waals surface area contributed by atoms with E-state index in [1.165, 1.54) is 11.3 Å². The summed E-state index contributed by atoms with van der Waals surface area (Å²) >= 11 is 1.36. The molecule has 2 rings (SSSR count). The quantitative estimate of drug-likeness (QED) is 0.671. The van der Waals surface area contributed by atoms with Crippen LogP contribution < -0.4 is 5.32 Å². The highest BCUT2D eigenvalue weighted by molar-refractivity contribution is 7.11. The zero-order valence-electron chi connectivity index (χ0n) is 10.5. The van der Waals surface area contributed by atoms with Gasteiger partial charge >= 0.3 is 5.97 Å². The van der Waals surface area contributed by atoms with Crippen LogP contribution in [0.2, 0.25) is 0 Å². The maximum Gasteiger partial charge on any atom is 0.367 e. The third kappa shape index (κ3) is 2.97. The standard InChI is InChI=1S/C13H18N2O2S/c1-3-10-6-5-9(7-14-10)11-8-18-12(15-11)13(16)17-4-2/h3,8-10,14H,1,4-7H2,2H3/t9-,10-/m1/s1. The van der Waals surface area contributed by atoms with Gasteiger partial charge in [-0.3, -0.25) is 0 Å². The minimum atomic E-state index is -0.318. The molecule has 0 radical (unpaired) electrons. The minimum absolute atomic E-state index is 0.318. The van der Waals surface area contributed by atoms with E-state index in [9.17, 15) is 4.79 Å². The molecule has 5 heteroatoms. The van der Waals surface area contributed by atoms with Gasteiger partial charge in [-0.25, -0.2) is 9.78 Å². The second kappa shape index (κ2) is 6.11. The lowest BCUT2D eigenvalue weighted by atomic mass is 9.93. The van der Waals surface area contributed by atoms with Gasteiger partial charge in [0.05, 0.1) is 12.3 Å². The van der Waals surface area contributed by atoms with Crippen LogP contribution in [0.4, 0.5) is 0 Å². The molecule has 1 aromatic heterocycles. The van der Waals surface area contributed by atoms with Crippen LogP contribution in [0.25, 0.3) is 0 Å². The zero-order chi connectivity index (χ0) is 13.0. The first-order chi connectivity index (χ1) is 8.74. The van der Waals surface area contributed by atoms with E-state index in [0.717, 1.165) is 25.1 Å². The molecule has 0 saturated carbocycles. The summed E-state index contributed by atoms with van der Waals surface area (Å²) in [5, 5.41) is 5.83. The fourth-order valence-electron chi connectivity index (χ4n) is 2.09. The van der Waals surface area contributed by atoms with Crippen LogP contribution in [0, 0.1) is 0 Å². The first kappa shape index (κ1) is 13.2. The molecule has 0 spiro atoms. The normalized spacial score (nSPS) is 23.6. The number of nitrogens with zero attached hydrogens (tertiary/aromatic N) is 1. The summed E-state index contributed by atoms with van der Waals surface area (Å²) in [4.78, 5) is 15.9. The molecule has 0 bridgehead atoms. The number of hydrogen-bond acceptors (Lipinski definition) is 5. The molecule has 1 aromatic rings. The molecule has 2 atom stereocenters. The van der Waals surface area contributed by atoms with Crippen molar-refractivity contribution in [1.82, 2.24) is 10.3 Å². The molecule has 0 unspecified atom stereocenters. The van der Waals surface area contributed by atoms with Gasteiger partial charge in [0, 0.05) is 23.9 Å². The van der Waals surface area contributed by atoms with Crippen molar-refractivity contribution in [2.45, 2.75) is 31.7 Å². The van der Waals surface area contributed by atoms with Crippen molar-refractivity contribution in [3.63, 3.8) is 0 Å². The summed E-state index contributed by atoms with van der Waals surface area (Å²) in [5.74, 6) is 0.0714. The highest BCUT2D eigenvalue weighted by Crippen LogP contribution is 2.26. The fourth-order valence-corrected chi connectivity index (χ4v) is 2.88. The minimum Gasteiger partial charge on any atom is -0.461 e. The fraction of sp³-hybridized carbons (Fsp3) is 0.538. The van der Waals surface area contributed by atoms with E-state index in [1.54, 1.807) is 6.92 Å². The van der Waals surface area contributed by atoms with Crippen molar-refractivity contribution in [3.8, 4) is 0 Å². The van der Waals surface area contributed by atoms with Crippen molar-refractivity contribution >= 4 is 17.3 Å². The van der Waals surface area contributed by atoms with Gasteiger partial charge in [0.2, 0.25) is 5.01 Å². The molecule has 1 saturated heterocycles. The van der Waals surface area contributed by atoms with Gasteiger partial charge in [0.25, 0.3) is 0 Å². The summed E-state index contributed by atoms with van der Waals surface area (Å²) < 4.78 is 4.94. The maximum absolute atomic E-state index is 11.5. The third-order valence-electron chi connectivity index (χ3n) is 3.13. The van der Waals surface area contributed by atoms with Crippen molar-refractivity contribution in [1.29, 1.82) is 0 Å².